The van der Waals surface area contributed by atoms with E-state index in [0.29, 0.717) is 0 Å². The number of methoxy groups -OCH3 is 1. The SMILES string of the molecule is CNC(CCC(C)(C)OC)CS(C)(=O)=O. The standard InChI is InChI=1S/C10H23NO3S/c1-10(2,14-4)7-6-9(11-3)8-15(5,12)13/h9,11H,6-8H2,1-5H3. The van der Waals surface area contributed by atoms with Gasteiger partial charge in [0.25, 0.3) is 0 Å². The Morgan fingerprint density at radius 1 is 1.40 bits per heavy atom. The van der Waals surface area contributed by atoms with Gasteiger partial charge in [-0.05, 0) is 33.7 Å². The normalized spacial score (nSPS) is 15.3. The Morgan fingerprint density at radius 3 is 2.27 bits per heavy atom. The summed E-state index contributed by atoms with van der Waals surface area (Å²) in [6.45, 7) is 4.00. The molecule has 4 nitrogen and oxygen atoms in total. The summed E-state index contributed by atoms with van der Waals surface area (Å²) < 4.78 is 27.5. The van der Waals surface area contributed by atoms with E-state index in [2.05, 4.69) is 5.32 Å². The molecule has 0 aliphatic carbocycles. The first-order valence-corrected chi connectivity index (χ1v) is 7.16. The molecular weight excluding hydrogens is 214 g/mol. The number of nitrogens with one attached hydrogen (secondary N) is 1. The molecule has 0 aromatic rings. The van der Waals surface area contributed by atoms with Gasteiger partial charge in [0.05, 0.1) is 11.4 Å². The van der Waals surface area contributed by atoms with E-state index in [1.54, 1.807) is 14.2 Å². The van der Waals surface area contributed by atoms with Crippen LogP contribution in [0, 0.1) is 0 Å². The zero-order chi connectivity index (χ0) is 12.1. The number of hydrogen-bond donors (Lipinski definition) is 1. The van der Waals surface area contributed by atoms with Crippen molar-refractivity contribution >= 4 is 9.84 Å². The predicted octanol–water partition coefficient (Wildman–Crippen LogP) is 0.824. The van der Waals surface area contributed by atoms with Gasteiger partial charge in [-0.25, -0.2) is 8.42 Å². The minimum Gasteiger partial charge on any atom is -0.379 e. The molecule has 0 heterocycles. The molecule has 0 spiro atoms. The van der Waals surface area contributed by atoms with Crippen LogP contribution in [0.3, 0.4) is 0 Å². The average molecular weight is 237 g/mol. The second kappa shape index (κ2) is 5.82. The van der Waals surface area contributed by atoms with Gasteiger partial charge in [-0.1, -0.05) is 0 Å². The molecule has 5 heteroatoms. The lowest BCUT2D eigenvalue weighted by Crippen LogP contribution is -2.35. The molecule has 0 amide bonds. The third-order valence-electron chi connectivity index (χ3n) is 2.56. The predicted molar refractivity (Wildman–Crippen MR) is 62.9 cm³/mol. The summed E-state index contributed by atoms with van der Waals surface area (Å²) in [5.74, 6) is 0.184. The maximum absolute atomic E-state index is 11.1. The number of hydrogen-bond acceptors (Lipinski definition) is 4. The Bertz CT molecular complexity index is 272. The Kier molecular flexibility index (Phi) is 5.77. The van der Waals surface area contributed by atoms with Gasteiger partial charge in [-0.2, -0.15) is 0 Å². The van der Waals surface area contributed by atoms with E-state index in [0.717, 1.165) is 12.8 Å². The van der Waals surface area contributed by atoms with Crippen LogP contribution in [0.4, 0.5) is 0 Å². The Balaban J connectivity index is 4.13. The van der Waals surface area contributed by atoms with Gasteiger partial charge >= 0.3 is 0 Å². The summed E-state index contributed by atoms with van der Waals surface area (Å²) in [7, 11) is 0.546. The molecule has 0 aliphatic heterocycles. The van der Waals surface area contributed by atoms with E-state index in [9.17, 15) is 8.42 Å². The third kappa shape index (κ3) is 7.76. The van der Waals surface area contributed by atoms with Crippen molar-refractivity contribution in [3.63, 3.8) is 0 Å². The first kappa shape index (κ1) is 14.9. The van der Waals surface area contributed by atoms with Crippen molar-refractivity contribution in [2.45, 2.75) is 38.3 Å². The maximum Gasteiger partial charge on any atom is 0.148 e. The molecule has 0 rings (SSSR count). The molecule has 92 valence electrons. The smallest absolute Gasteiger partial charge is 0.148 e. The third-order valence-corrected chi connectivity index (χ3v) is 3.57. The van der Waals surface area contributed by atoms with Crippen LogP contribution >= 0.6 is 0 Å². The zero-order valence-corrected chi connectivity index (χ0v) is 11.1. The summed E-state index contributed by atoms with van der Waals surface area (Å²) in [5.41, 5.74) is -0.188. The Morgan fingerprint density at radius 2 is 1.93 bits per heavy atom. The van der Waals surface area contributed by atoms with Crippen molar-refractivity contribution in [1.82, 2.24) is 5.32 Å². The quantitative estimate of drug-likeness (QED) is 0.712. The average Bonchev–Trinajstić information content (AvgIpc) is 2.10. The van der Waals surface area contributed by atoms with Crippen LogP contribution in [0.15, 0.2) is 0 Å². The summed E-state index contributed by atoms with van der Waals surface area (Å²) in [5, 5.41) is 3.02. The molecule has 0 saturated heterocycles. The van der Waals surface area contributed by atoms with Crippen molar-refractivity contribution in [2.24, 2.45) is 0 Å². The highest BCUT2D eigenvalue weighted by atomic mass is 32.2. The van der Waals surface area contributed by atoms with E-state index in [1.165, 1.54) is 6.26 Å². The van der Waals surface area contributed by atoms with Crippen LogP contribution in [0.25, 0.3) is 0 Å². The molecule has 15 heavy (non-hydrogen) atoms. The van der Waals surface area contributed by atoms with E-state index >= 15 is 0 Å². The summed E-state index contributed by atoms with van der Waals surface area (Å²) in [6.07, 6.45) is 2.90. The van der Waals surface area contributed by atoms with Crippen LogP contribution in [0.2, 0.25) is 0 Å². The summed E-state index contributed by atoms with van der Waals surface area (Å²) in [4.78, 5) is 0. The second-order valence-electron chi connectivity index (χ2n) is 4.58. The Hall–Kier alpha value is -0.130. The second-order valence-corrected chi connectivity index (χ2v) is 6.77. The van der Waals surface area contributed by atoms with Gasteiger partial charge < -0.3 is 10.1 Å². The minimum atomic E-state index is -2.91. The molecule has 1 N–H and O–H groups in total. The zero-order valence-electron chi connectivity index (χ0n) is 10.3. The lowest BCUT2D eigenvalue weighted by molar-refractivity contribution is 0.0123. The highest BCUT2D eigenvalue weighted by Crippen LogP contribution is 2.17. The maximum atomic E-state index is 11.1. The summed E-state index contributed by atoms with van der Waals surface area (Å²) >= 11 is 0. The lowest BCUT2D eigenvalue weighted by atomic mass is 9.99. The van der Waals surface area contributed by atoms with Crippen molar-refractivity contribution in [2.75, 3.05) is 26.2 Å². The number of rotatable bonds is 7. The monoisotopic (exact) mass is 237 g/mol. The van der Waals surface area contributed by atoms with Crippen molar-refractivity contribution in [3.8, 4) is 0 Å². The van der Waals surface area contributed by atoms with E-state index in [4.69, 9.17) is 4.74 Å². The van der Waals surface area contributed by atoms with Crippen molar-refractivity contribution < 1.29 is 13.2 Å². The van der Waals surface area contributed by atoms with Gasteiger partial charge in [-0.15, -0.1) is 0 Å². The first-order chi connectivity index (χ1) is 6.70. The lowest BCUT2D eigenvalue weighted by Gasteiger charge is -2.25. The van der Waals surface area contributed by atoms with E-state index < -0.39 is 9.84 Å². The van der Waals surface area contributed by atoms with Crippen LogP contribution in [-0.2, 0) is 14.6 Å². The molecule has 1 atom stereocenters. The first-order valence-electron chi connectivity index (χ1n) is 5.10. The molecule has 1 unspecified atom stereocenters. The fourth-order valence-corrected chi connectivity index (χ4v) is 2.36. The fourth-order valence-electron chi connectivity index (χ4n) is 1.30. The number of sulfone groups is 1. The highest BCUT2D eigenvalue weighted by Gasteiger charge is 2.20. The molecule has 0 aromatic carbocycles. The molecule has 0 radical (unpaired) electrons. The number of ether oxygens (including phenoxy) is 1. The highest BCUT2D eigenvalue weighted by molar-refractivity contribution is 7.90. The van der Waals surface area contributed by atoms with Crippen molar-refractivity contribution in [1.29, 1.82) is 0 Å². The van der Waals surface area contributed by atoms with Crippen molar-refractivity contribution in [3.05, 3.63) is 0 Å². The van der Waals surface area contributed by atoms with Gasteiger partial charge in [0.2, 0.25) is 0 Å². The fraction of sp³-hybridized carbons (Fsp3) is 1.00. The summed E-state index contributed by atoms with van der Waals surface area (Å²) in [6, 6.07) is 0.00873. The largest absolute Gasteiger partial charge is 0.379 e. The van der Waals surface area contributed by atoms with Gasteiger partial charge in [0.1, 0.15) is 9.84 Å². The van der Waals surface area contributed by atoms with E-state index in [-0.39, 0.29) is 17.4 Å². The topological polar surface area (TPSA) is 55.4 Å². The van der Waals surface area contributed by atoms with Gasteiger partial charge in [0.15, 0.2) is 0 Å². The van der Waals surface area contributed by atoms with E-state index in [1.807, 2.05) is 13.8 Å². The molecule has 0 saturated carbocycles. The minimum absolute atomic E-state index is 0.00873. The van der Waals surface area contributed by atoms with Crippen LogP contribution < -0.4 is 5.32 Å². The van der Waals surface area contributed by atoms with Crippen LogP contribution in [-0.4, -0.2) is 46.2 Å². The molecule has 0 aliphatic rings. The molecular formula is C10H23NO3S. The van der Waals surface area contributed by atoms with Gasteiger partial charge in [0, 0.05) is 19.4 Å². The molecule has 0 fully saturated rings. The van der Waals surface area contributed by atoms with Crippen LogP contribution in [0.5, 0.6) is 0 Å². The molecule has 0 aromatic heterocycles. The van der Waals surface area contributed by atoms with Gasteiger partial charge in [-0.3, -0.25) is 0 Å². The molecule has 0 bridgehead atoms. The Labute approximate surface area is 93.3 Å². The van der Waals surface area contributed by atoms with Crippen LogP contribution in [0.1, 0.15) is 26.7 Å².